The molecule has 1 heterocycles. The Morgan fingerprint density at radius 3 is 2.48 bits per heavy atom. The highest BCUT2D eigenvalue weighted by Gasteiger charge is 2.14. The molecule has 8 nitrogen and oxygen atoms in total. The van der Waals surface area contributed by atoms with Gasteiger partial charge in [0, 0.05) is 5.69 Å². The Labute approximate surface area is 131 Å². The summed E-state index contributed by atoms with van der Waals surface area (Å²) in [6.45, 7) is -0.602. The zero-order valence-electron chi connectivity index (χ0n) is 12.2. The number of benzene rings is 1. The van der Waals surface area contributed by atoms with Crippen LogP contribution in [0, 0.1) is 0 Å². The fourth-order valence-corrected chi connectivity index (χ4v) is 1.60. The van der Waals surface area contributed by atoms with E-state index in [-0.39, 0.29) is 5.76 Å². The van der Waals surface area contributed by atoms with Crippen LogP contribution in [0.4, 0.5) is 10.5 Å². The van der Waals surface area contributed by atoms with Gasteiger partial charge in [0.05, 0.1) is 13.4 Å². The predicted octanol–water partition coefficient (Wildman–Crippen LogP) is 1.79. The first kappa shape index (κ1) is 16.1. The smallest absolute Gasteiger partial charge is 0.374 e. The first-order valence-corrected chi connectivity index (χ1v) is 6.54. The molecule has 1 aromatic heterocycles. The summed E-state index contributed by atoms with van der Waals surface area (Å²) in [4.78, 5) is 34.6. The standard InChI is InChI=1S/C15H14N2O6/c1-21-11-6-4-10(5-7-11)16-15(20)17-13(18)9-23-14(19)12-3-2-8-22-12/h2-8H,9H2,1H3,(H2,16,17,18,20). The molecule has 23 heavy (non-hydrogen) atoms. The number of anilines is 1. The van der Waals surface area contributed by atoms with E-state index < -0.39 is 24.5 Å². The Balaban J connectivity index is 1.75. The lowest BCUT2D eigenvalue weighted by molar-refractivity contribution is -0.123. The average Bonchev–Trinajstić information content (AvgIpc) is 3.07. The Morgan fingerprint density at radius 1 is 1.13 bits per heavy atom. The van der Waals surface area contributed by atoms with Gasteiger partial charge in [0.1, 0.15) is 5.75 Å². The molecule has 8 heteroatoms. The van der Waals surface area contributed by atoms with Crippen molar-refractivity contribution in [3.63, 3.8) is 0 Å². The minimum Gasteiger partial charge on any atom is -0.497 e. The van der Waals surface area contributed by atoms with E-state index in [0.717, 1.165) is 0 Å². The number of hydrogen-bond acceptors (Lipinski definition) is 6. The quantitative estimate of drug-likeness (QED) is 0.814. The molecule has 0 bridgehead atoms. The molecule has 0 fully saturated rings. The summed E-state index contributed by atoms with van der Waals surface area (Å²) in [7, 11) is 1.53. The molecule has 0 saturated heterocycles. The maximum atomic E-state index is 11.6. The van der Waals surface area contributed by atoms with Crippen LogP contribution < -0.4 is 15.4 Å². The van der Waals surface area contributed by atoms with Crippen LogP contribution in [-0.2, 0) is 9.53 Å². The molecule has 0 aliphatic carbocycles. The van der Waals surface area contributed by atoms with Crippen molar-refractivity contribution in [2.24, 2.45) is 0 Å². The predicted molar refractivity (Wildman–Crippen MR) is 79.1 cm³/mol. The van der Waals surface area contributed by atoms with E-state index >= 15 is 0 Å². The van der Waals surface area contributed by atoms with Crippen molar-refractivity contribution < 1.29 is 28.3 Å². The molecule has 0 unspecified atom stereocenters. The van der Waals surface area contributed by atoms with Crippen LogP contribution in [0.1, 0.15) is 10.6 Å². The molecule has 2 aromatic rings. The molecule has 1 aromatic carbocycles. The summed E-state index contributed by atoms with van der Waals surface area (Å²) >= 11 is 0. The summed E-state index contributed by atoms with van der Waals surface area (Å²) in [6.07, 6.45) is 1.30. The summed E-state index contributed by atoms with van der Waals surface area (Å²) in [6, 6.07) is 8.70. The van der Waals surface area contributed by atoms with Gasteiger partial charge < -0.3 is 19.2 Å². The zero-order chi connectivity index (χ0) is 16.7. The lowest BCUT2D eigenvalue weighted by Crippen LogP contribution is -2.37. The third-order valence-electron chi connectivity index (χ3n) is 2.66. The van der Waals surface area contributed by atoms with Crippen molar-refractivity contribution in [1.29, 1.82) is 0 Å². The number of amides is 3. The maximum absolute atomic E-state index is 11.6. The second-order valence-corrected chi connectivity index (χ2v) is 4.28. The molecule has 3 amide bonds. The fraction of sp³-hybridized carbons (Fsp3) is 0.133. The first-order chi connectivity index (χ1) is 11.1. The van der Waals surface area contributed by atoms with E-state index in [1.54, 1.807) is 24.3 Å². The number of furan rings is 1. The minimum atomic E-state index is -0.791. The van der Waals surface area contributed by atoms with Crippen LogP contribution in [0.2, 0.25) is 0 Å². The monoisotopic (exact) mass is 318 g/mol. The van der Waals surface area contributed by atoms with Crippen LogP contribution in [0.15, 0.2) is 47.1 Å². The van der Waals surface area contributed by atoms with E-state index in [0.29, 0.717) is 11.4 Å². The SMILES string of the molecule is COc1ccc(NC(=O)NC(=O)COC(=O)c2ccco2)cc1. The van der Waals surface area contributed by atoms with Crippen molar-refractivity contribution in [2.75, 3.05) is 19.0 Å². The molecule has 2 rings (SSSR count). The second-order valence-electron chi connectivity index (χ2n) is 4.28. The largest absolute Gasteiger partial charge is 0.497 e. The number of imide groups is 1. The van der Waals surface area contributed by atoms with Crippen molar-refractivity contribution in [3.05, 3.63) is 48.4 Å². The highest BCUT2D eigenvalue weighted by molar-refractivity contribution is 6.02. The van der Waals surface area contributed by atoms with Gasteiger partial charge in [0.2, 0.25) is 5.76 Å². The Kier molecular flexibility index (Phi) is 5.35. The third kappa shape index (κ3) is 4.88. The van der Waals surface area contributed by atoms with Crippen LogP contribution in [0.25, 0.3) is 0 Å². The van der Waals surface area contributed by atoms with Crippen LogP contribution in [-0.4, -0.2) is 31.6 Å². The first-order valence-electron chi connectivity index (χ1n) is 6.54. The normalized spacial score (nSPS) is 9.78. The molecule has 0 atom stereocenters. The zero-order valence-corrected chi connectivity index (χ0v) is 12.2. The van der Waals surface area contributed by atoms with Crippen molar-refractivity contribution in [1.82, 2.24) is 5.32 Å². The van der Waals surface area contributed by atoms with Gasteiger partial charge in [-0.3, -0.25) is 10.1 Å². The van der Waals surface area contributed by atoms with Gasteiger partial charge in [-0.2, -0.15) is 0 Å². The summed E-state index contributed by atoms with van der Waals surface area (Å²) in [5, 5.41) is 4.48. The number of nitrogens with one attached hydrogen (secondary N) is 2. The number of methoxy groups -OCH3 is 1. The van der Waals surface area contributed by atoms with E-state index in [9.17, 15) is 14.4 Å². The summed E-state index contributed by atoms with van der Waals surface area (Å²) < 4.78 is 14.5. The third-order valence-corrected chi connectivity index (χ3v) is 2.66. The van der Waals surface area contributed by atoms with Gasteiger partial charge >= 0.3 is 12.0 Å². The molecule has 0 aliphatic heterocycles. The van der Waals surface area contributed by atoms with Gasteiger partial charge in [0.15, 0.2) is 6.61 Å². The van der Waals surface area contributed by atoms with Gasteiger partial charge in [-0.05, 0) is 36.4 Å². The number of ether oxygens (including phenoxy) is 2. The molecule has 2 N–H and O–H groups in total. The van der Waals surface area contributed by atoms with Crippen molar-refractivity contribution >= 4 is 23.6 Å². The fourth-order valence-electron chi connectivity index (χ4n) is 1.60. The summed E-state index contributed by atoms with van der Waals surface area (Å²) in [5.41, 5.74) is 0.476. The van der Waals surface area contributed by atoms with E-state index in [1.807, 2.05) is 5.32 Å². The molecule has 0 aliphatic rings. The number of carbonyl (C=O) groups is 3. The molecular weight excluding hydrogens is 304 g/mol. The van der Waals surface area contributed by atoms with Gasteiger partial charge in [0.25, 0.3) is 5.91 Å². The number of hydrogen-bond donors (Lipinski definition) is 2. The summed E-state index contributed by atoms with van der Waals surface area (Å²) in [5.74, 6) is -0.950. The van der Waals surface area contributed by atoms with Gasteiger partial charge in [-0.1, -0.05) is 0 Å². The van der Waals surface area contributed by atoms with Crippen LogP contribution in [0.5, 0.6) is 5.75 Å². The van der Waals surface area contributed by atoms with Crippen molar-refractivity contribution in [3.8, 4) is 5.75 Å². The van der Waals surface area contributed by atoms with Crippen LogP contribution >= 0.6 is 0 Å². The molecule has 0 radical (unpaired) electrons. The highest BCUT2D eigenvalue weighted by Crippen LogP contribution is 2.14. The number of esters is 1. The van der Waals surface area contributed by atoms with E-state index in [4.69, 9.17) is 9.15 Å². The number of carbonyl (C=O) groups excluding carboxylic acids is 3. The maximum Gasteiger partial charge on any atom is 0.374 e. The lowest BCUT2D eigenvalue weighted by atomic mass is 10.3. The number of rotatable bonds is 5. The van der Waals surface area contributed by atoms with E-state index in [1.165, 1.54) is 25.5 Å². The Hall–Kier alpha value is -3.29. The second kappa shape index (κ2) is 7.64. The average molecular weight is 318 g/mol. The lowest BCUT2D eigenvalue weighted by Gasteiger charge is -2.07. The highest BCUT2D eigenvalue weighted by atomic mass is 16.5. The van der Waals surface area contributed by atoms with Crippen molar-refractivity contribution in [2.45, 2.75) is 0 Å². The van der Waals surface area contributed by atoms with E-state index in [2.05, 4.69) is 10.1 Å². The minimum absolute atomic E-state index is 0.0273. The number of urea groups is 1. The van der Waals surface area contributed by atoms with Crippen LogP contribution in [0.3, 0.4) is 0 Å². The molecule has 120 valence electrons. The Morgan fingerprint density at radius 2 is 1.87 bits per heavy atom. The van der Waals surface area contributed by atoms with Gasteiger partial charge in [-0.25, -0.2) is 9.59 Å². The molecular formula is C15H14N2O6. The Bertz CT molecular complexity index is 679. The molecule has 0 saturated carbocycles. The van der Waals surface area contributed by atoms with Gasteiger partial charge in [-0.15, -0.1) is 0 Å². The topological polar surface area (TPSA) is 107 Å². The molecule has 0 spiro atoms.